The average molecular weight is 253 g/mol. The van der Waals surface area contributed by atoms with Crippen LogP contribution in [0.4, 0.5) is 0 Å². The van der Waals surface area contributed by atoms with E-state index in [4.69, 9.17) is 0 Å². The first-order valence-electron chi connectivity index (χ1n) is 4.37. The van der Waals surface area contributed by atoms with Gasteiger partial charge in [-0.2, -0.15) is 4.31 Å². The number of ether oxygens (including phenoxy) is 2. The Hall–Kier alpha value is -1.15. The molecule has 0 aromatic carbocycles. The third-order valence-electron chi connectivity index (χ3n) is 1.99. The highest BCUT2D eigenvalue weighted by Gasteiger charge is 2.33. The van der Waals surface area contributed by atoms with E-state index in [9.17, 15) is 18.0 Å². The lowest BCUT2D eigenvalue weighted by Gasteiger charge is -2.19. The third kappa shape index (κ3) is 3.46. The summed E-state index contributed by atoms with van der Waals surface area (Å²) in [6, 6.07) is 0. The fraction of sp³-hybridized carbons (Fsp3) is 0.750. The minimum absolute atomic E-state index is 0.444. The number of hydrogen-bond donors (Lipinski definition) is 0. The summed E-state index contributed by atoms with van der Waals surface area (Å²) >= 11 is 0. The van der Waals surface area contributed by atoms with Crippen LogP contribution in [-0.2, 0) is 29.1 Å². The van der Waals surface area contributed by atoms with Gasteiger partial charge in [-0.15, -0.1) is 0 Å². The van der Waals surface area contributed by atoms with Gasteiger partial charge in [0.1, 0.15) is 6.54 Å². The second-order valence-corrected chi connectivity index (χ2v) is 5.40. The smallest absolute Gasteiger partial charge is 0.325 e. The van der Waals surface area contributed by atoms with Crippen molar-refractivity contribution in [3.63, 3.8) is 0 Å². The summed E-state index contributed by atoms with van der Waals surface area (Å²) in [5.41, 5.74) is 0. The fourth-order valence-corrected chi connectivity index (χ4v) is 2.06. The number of likely N-dealkylation sites (N-methyl/N-ethyl adjacent to an activating group) is 1. The Morgan fingerprint density at radius 3 is 2.12 bits per heavy atom. The summed E-state index contributed by atoms with van der Waals surface area (Å²) in [5.74, 6) is -1.58. The summed E-state index contributed by atoms with van der Waals surface area (Å²) in [7, 11) is -0.474. The van der Waals surface area contributed by atoms with Crippen LogP contribution >= 0.6 is 0 Å². The zero-order valence-corrected chi connectivity index (χ0v) is 10.4. The van der Waals surface area contributed by atoms with Crippen molar-refractivity contribution in [3.05, 3.63) is 0 Å². The first-order valence-corrected chi connectivity index (χ1v) is 5.87. The van der Waals surface area contributed by atoms with E-state index in [1.165, 1.54) is 14.0 Å². The van der Waals surface area contributed by atoms with E-state index in [2.05, 4.69) is 9.47 Å². The topological polar surface area (TPSA) is 90.0 Å². The van der Waals surface area contributed by atoms with Crippen LogP contribution < -0.4 is 0 Å². The van der Waals surface area contributed by atoms with Gasteiger partial charge in [-0.3, -0.25) is 9.59 Å². The minimum atomic E-state index is -3.90. The zero-order chi connectivity index (χ0) is 12.9. The minimum Gasteiger partial charge on any atom is -0.468 e. The Bertz CT molecular complexity index is 363. The summed E-state index contributed by atoms with van der Waals surface area (Å²) < 4.78 is 32.8. The molecule has 0 aliphatic heterocycles. The average Bonchev–Trinajstić information content (AvgIpc) is 2.26. The number of rotatable bonds is 5. The van der Waals surface area contributed by atoms with Crippen LogP contribution in [0.1, 0.15) is 6.92 Å². The molecule has 1 atom stereocenters. The maximum absolute atomic E-state index is 11.7. The molecule has 94 valence electrons. The van der Waals surface area contributed by atoms with Crippen LogP contribution in [0.15, 0.2) is 0 Å². The molecule has 0 heterocycles. The van der Waals surface area contributed by atoms with Crippen molar-refractivity contribution < 1.29 is 27.5 Å². The van der Waals surface area contributed by atoms with Crippen LogP contribution in [-0.4, -0.2) is 57.7 Å². The van der Waals surface area contributed by atoms with Crippen molar-refractivity contribution in [1.82, 2.24) is 4.31 Å². The van der Waals surface area contributed by atoms with E-state index in [0.29, 0.717) is 0 Å². The van der Waals surface area contributed by atoms with Crippen molar-refractivity contribution in [2.24, 2.45) is 0 Å². The first-order chi connectivity index (χ1) is 7.27. The van der Waals surface area contributed by atoms with Gasteiger partial charge in [0.15, 0.2) is 5.25 Å². The highest BCUT2D eigenvalue weighted by atomic mass is 32.2. The summed E-state index contributed by atoms with van der Waals surface area (Å²) in [6.07, 6.45) is 0. The molecule has 0 radical (unpaired) electrons. The molecule has 8 heteroatoms. The summed E-state index contributed by atoms with van der Waals surface area (Å²) in [6.45, 7) is 0.745. The summed E-state index contributed by atoms with van der Waals surface area (Å²) in [4.78, 5) is 22.0. The van der Waals surface area contributed by atoms with E-state index in [-0.39, 0.29) is 0 Å². The predicted molar refractivity (Wildman–Crippen MR) is 55.0 cm³/mol. The lowest BCUT2D eigenvalue weighted by Crippen LogP contribution is -2.41. The largest absolute Gasteiger partial charge is 0.468 e. The van der Waals surface area contributed by atoms with E-state index in [0.717, 1.165) is 18.5 Å². The van der Waals surface area contributed by atoms with E-state index in [1.807, 2.05) is 0 Å². The SMILES string of the molecule is COC(=O)CN(C)S(=O)(=O)C(C)C(=O)OC. The fourth-order valence-electron chi connectivity index (χ4n) is 0.894. The molecule has 0 saturated heterocycles. The van der Waals surface area contributed by atoms with Gasteiger partial charge in [0.25, 0.3) is 0 Å². The highest BCUT2D eigenvalue weighted by molar-refractivity contribution is 7.90. The molecule has 0 N–H and O–H groups in total. The van der Waals surface area contributed by atoms with Crippen molar-refractivity contribution in [1.29, 1.82) is 0 Å². The van der Waals surface area contributed by atoms with Crippen LogP contribution in [0.25, 0.3) is 0 Å². The Morgan fingerprint density at radius 1 is 1.25 bits per heavy atom. The number of carbonyl (C=O) groups excluding carboxylic acids is 2. The molecule has 0 spiro atoms. The second-order valence-electron chi connectivity index (χ2n) is 3.04. The number of sulfonamides is 1. The summed E-state index contributed by atoms with van der Waals surface area (Å²) in [5, 5.41) is -1.35. The standard InChI is InChI=1S/C8H15NO6S/c1-6(8(11)15-4)16(12,13)9(2)5-7(10)14-3/h6H,5H2,1-4H3. The zero-order valence-electron chi connectivity index (χ0n) is 9.59. The number of methoxy groups -OCH3 is 2. The highest BCUT2D eigenvalue weighted by Crippen LogP contribution is 2.08. The van der Waals surface area contributed by atoms with Crippen molar-refractivity contribution in [2.75, 3.05) is 27.8 Å². The molecular formula is C8H15NO6S. The number of esters is 2. The van der Waals surface area contributed by atoms with Gasteiger partial charge in [-0.25, -0.2) is 8.42 Å². The van der Waals surface area contributed by atoms with Crippen molar-refractivity contribution >= 4 is 22.0 Å². The van der Waals surface area contributed by atoms with Gasteiger partial charge in [-0.05, 0) is 6.92 Å². The normalized spacial score (nSPS) is 13.3. The Kier molecular flexibility index (Phi) is 5.39. The Morgan fingerprint density at radius 2 is 1.75 bits per heavy atom. The number of carbonyl (C=O) groups is 2. The monoisotopic (exact) mass is 253 g/mol. The third-order valence-corrected chi connectivity index (χ3v) is 4.08. The predicted octanol–water partition coefficient (Wildman–Crippen LogP) is -1.02. The molecule has 0 fully saturated rings. The molecule has 0 bridgehead atoms. The van der Waals surface area contributed by atoms with Crippen molar-refractivity contribution in [3.8, 4) is 0 Å². The van der Waals surface area contributed by atoms with Gasteiger partial charge in [0.2, 0.25) is 10.0 Å². The molecular weight excluding hydrogens is 238 g/mol. The van der Waals surface area contributed by atoms with Crippen LogP contribution in [0.2, 0.25) is 0 Å². The van der Waals surface area contributed by atoms with E-state index in [1.54, 1.807) is 0 Å². The van der Waals surface area contributed by atoms with E-state index >= 15 is 0 Å². The molecule has 0 saturated carbocycles. The van der Waals surface area contributed by atoms with Gasteiger partial charge in [-0.1, -0.05) is 0 Å². The molecule has 0 rings (SSSR count). The maximum atomic E-state index is 11.7. The molecule has 0 amide bonds. The molecule has 0 aliphatic carbocycles. The van der Waals surface area contributed by atoms with Gasteiger partial charge in [0.05, 0.1) is 14.2 Å². The Labute approximate surface area is 94.4 Å². The van der Waals surface area contributed by atoms with Crippen LogP contribution in [0, 0.1) is 0 Å². The maximum Gasteiger partial charge on any atom is 0.325 e. The lowest BCUT2D eigenvalue weighted by atomic mass is 10.5. The van der Waals surface area contributed by atoms with Crippen molar-refractivity contribution in [2.45, 2.75) is 12.2 Å². The van der Waals surface area contributed by atoms with Crippen LogP contribution in [0.3, 0.4) is 0 Å². The van der Waals surface area contributed by atoms with Gasteiger partial charge >= 0.3 is 11.9 Å². The number of nitrogens with zero attached hydrogens (tertiary/aromatic N) is 1. The molecule has 1 unspecified atom stereocenters. The molecule has 7 nitrogen and oxygen atoms in total. The second kappa shape index (κ2) is 5.80. The quantitative estimate of drug-likeness (QED) is 0.583. The molecule has 16 heavy (non-hydrogen) atoms. The Balaban J connectivity index is 4.79. The molecule has 0 aromatic rings. The first kappa shape index (κ1) is 14.8. The number of hydrogen-bond acceptors (Lipinski definition) is 6. The molecule has 0 aliphatic rings. The van der Waals surface area contributed by atoms with Crippen LogP contribution in [0.5, 0.6) is 0 Å². The van der Waals surface area contributed by atoms with E-state index < -0.39 is 33.8 Å². The molecule has 0 aromatic heterocycles. The van der Waals surface area contributed by atoms with Gasteiger partial charge in [0, 0.05) is 7.05 Å². The van der Waals surface area contributed by atoms with Gasteiger partial charge < -0.3 is 9.47 Å². The lowest BCUT2D eigenvalue weighted by molar-refractivity contribution is -0.141.